The van der Waals surface area contributed by atoms with Crippen molar-refractivity contribution >= 4 is 0 Å². The molecule has 0 spiro atoms. The summed E-state index contributed by atoms with van der Waals surface area (Å²) in [7, 11) is 1.91. The van der Waals surface area contributed by atoms with Gasteiger partial charge in [-0.2, -0.15) is 0 Å². The minimum Gasteiger partial charge on any atom is -0.382 e. The molecule has 3 heteroatoms. The number of nitrogens with one attached hydrogen (secondary N) is 1. The molecule has 2 nitrogen and oxygen atoms in total. The molecule has 0 aliphatic rings. The molecule has 0 radical (unpaired) electrons. The van der Waals surface area contributed by atoms with Gasteiger partial charge in [0.25, 0.3) is 0 Å². The van der Waals surface area contributed by atoms with Crippen molar-refractivity contribution < 1.29 is 9.13 Å². The predicted octanol–water partition coefficient (Wildman–Crippen LogP) is 3.21. The number of halogens is 1. The molecule has 0 fully saturated rings. The maximum absolute atomic E-state index is 13.5. The van der Waals surface area contributed by atoms with Gasteiger partial charge in [-0.1, -0.05) is 12.1 Å². The minimum absolute atomic E-state index is 0.132. The van der Waals surface area contributed by atoms with E-state index in [1.54, 1.807) is 13.0 Å². The van der Waals surface area contributed by atoms with Crippen LogP contribution in [0.3, 0.4) is 0 Å². The van der Waals surface area contributed by atoms with E-state index in [4.69, 9.17) is 4.74 Å². The first kappa shape index (κ1) is 14.1. The molecule has 1 N–H and O–H groups in total. The van der Waals surface area contributed by atoms with Crippen LogP contribution in [0.15, 0.2) is 18.2 Å². The number of aryl methyl sites for hydroxylation is 1. The highest BCUT2D eigenvalue weighted by Gasteiger charge is 2.10. The Hall–Kier alpha value is -0.930. The number of ether oxygens (including phenoxy) is 1. The van der Waals surface area contributed by atoms with Crippen LogP contribution in [0, 0.1) is 12.7 Å². The Labute approximate surface area is 103 Å². The molecule has 0 saturated carbocycles. The highest BCUT2D eigenvalue weighted by Crippen LogP contribution is 2.20. The van der Waals surface area contributed by atoms with Crippen molar-refractivity contribution in [3.05, 3.63) is 35.1 Å². The van der Waals surface area contributed by atoms with Gasteiger partial charge >= 0.3 is 0 Å². The number of rotatable bonds is 7. The van der Waals surface area contributed by atoms with Crippen molar-refractivity contribution in [3.63, 3.8) is 0 Å². The largest absolute Gasteiger partial charge is 0.382 e. The zero-order valence-electron chi connectivity index (χ0n) is 10.9. The third-order valence-electron chi connectivity index (χ3n) is 2.93. The molecule has 0 aromatic heterocycles. The van der Waals surface area contributed by atoms with Crippen LogP contribution in [0.1, 0.15) is 36.9 Å². The molecule has 0 amide bonds. The van der Waals surface area contributed by atoms with Crippen LogP contribution < -0.4 is 5.32 Å². The predicted molar refractivity (Wildman–Crippen MR) is 68.7 cm³/mol. The number of benzene rings is 1. The lowest BCUT2D eigenvalue weighted by Crippen LogP contribution is -2.17. The molecule has 0 aliphatic carbocycles. The van der Waals surface area contributed by atoms with Crippen molar-refractivity contribution in [2.24, 2.45) is 0 Å². The lowest BCUT2D eigenvalue weighted by atomic mass is 10.0. The first-order valence-electron chi connectivity index (χ1n) is 6.20. The van der Waals surface area contributed by atoms with E-state index in [0.29, 0.717) is 5.56 Å². The molecule has 96 valence electrons. The Morgan fingerprint density at radius 2 is 2.18 bits per heavy atom. The molecule has 17 heavy (non-hydrogen) atoms. The van der Waals surface area contributed by atoms with Gasteiger partial charge in [0, 0.05) is 19.3 Å². The number of hydrogen-bond donors (Lipinski definition) is 1. The third kappa shape index (κ3) is 4.44. The van der Waals surface area contributed by atoms with Crippen LogP contribution in [0.25, 0.3) is 0 Å². The van der Waals surface area contributed by atoms with Gasteiger partial charge in [-0.3, -0.25) is 0 Å². The van der Waals surface area contributed by atoms with Crippen LogP contribution >= 0.6 is 0 Å². The van der Waals surface area contributed by atoms with Crippen LogP contribution in [0.2, 0.25) is 0 Å². The van der Waals surface area contributed by atoms with Gasteiger partial charge in [0.2, 0.25) is 0 Å². The second kappa shape index (κ2) is 7.41. The first-order chi connectivity index (χ1) is 8.19. The highest BCUT2D eigenvalue weighted by atomic mass is 19.1. The molecule has 1 atom stereocenters. The van der Waals surface area contributed by atoms with Crippen molar-refractivity contribution in [2.45, 2.75) is 32.7 Å². The fraction of sp³-hybridized carbons (Fsp3) is 0.571. The quantitative estimate of drug-likeness (QED) is 0.738. The van der Waals surface area contributed by atoms with E-state index in [1.807, 2.05) is 26.1 Å². The van der Waals surface area contributed by atoms with Crippen molar-refractivity contribution in [1.29, 1.82) is 0 Å². The van der Waals surface area contributed by atoms with E-state index < -0.39 is 0 Å². The van der Waals surface area contributed by atoms with E-state index in [-0.39, 0.29) is 11.9 Å². The Morgan fingerprint density at radius 1 is 1.41 bits per heavy atom. The molecular formula is C14H22FNO. The molecular weight excluding hydrogens is 217 g/mol. The summed E-state index contributed by atoms with van der Waals surface area (Å²) < 4.78 is 18.8. The lowest BCUT2D eigenvalue weighted by molar-refractivity contribution is 0.141. The SMILES string of the molecule is CCOCCCC(NC)c1ccc(C)c(F)c1. The summed E-state index contributed by atoms with van der Waals surface area (Å²) in [5.41, 5.74) is 1.70. The van der Waals surface area contributed by atoms with Gasteiger partial charge < -0.3 is 10.1 Å². The fourth-order valence-corrected chi connectivity index (χ4v) is 1.84. The molecule has 1 unspecified atom stereocenters. The Balaban J connectivity index is 2.56. The second-order valence-electron chi connectivity index (χ2n) is 4.19. The summed E-state index contributed by atoms with van der Waals surface area (Å²) in [6.07, 6.45) is 1.94. The lowest BCUT2D eigenvalue weighted by Gasteiger charge is -2.17. The normalized spacial score (nSPS) is 12.7. The zero-order valence-corrected chi connectivity index (χ0v) is 10.9. The fourth-order valence-electron chi connectivity index (χ4n) is 1.84. The van der Waals surface area contributed by atoms with Gasteiger partial charge in [-0.05, 0) is 50.9 Å². The molecule has 1 rings (SSSR count). The van der Waals surface area contributed by atoms with Gasteiger partial charge in [-0.25, -0.2) is 4.39 Å². The first-order valence-corrected chi connectivity index (χ1v) is 6.20. The average molecular weight is 239 g/mol. The Morgan fingerprint density at radius 3 is 2.76 bits per heavy atom. The molecule has 1 aromatic carbocycles. The van der Waals surface area contributed by atoms with E-state index in [1.165, 1.54) is 0 Å². The summed E-state index contributed by atoms with van der Waals surface area (Å²) in [5.74, 6) is -0.132. The topological polar surface area (TPSA) is 21.3 Å². The minimum atomic E-state index is -0.132. The van der Waals surface area contributed by atoms with E-state index in [2.05, 4.69) is 5.32 Å². The van der Waals surface area contributed by atoms with Gasteiger partial charge in [-0.15, -0.1) is 0 Å². The smallest absolute Gasteiger partial charge is 0.126 e. The standard InChI is InChI=1S/C14H22FNO/c1-4-17-9-5-6-14(16-3)12-8-7-11(2)13(15)10-12/h7-8,10,14,16H,4-6,9H2,1-3H3. The Kier molecular flexibility index (Phi) is 6.16. The zero-order chi connectivity index (χ0) is 12.7. The molecule has 0 aliphatic heterocycles. The summed E-state index contributed by atoms with van der Waals surface area (Å²) in [6.45, 7) is 5.29. The highest BCUT2D eigenvalue weighted by molar-refractivity contribution is 5.25. The van der Waals surface area contributed by atoms with Gasteiger partial charge in [0.05, 0.1) is 0 Å². The maximum Gasteiger partial charge on any atom is 0.126 e. The molecule has 0 saturated heterocycles. The van der Waals surface area contributed by atoms with Crippen molar-refractivity contribution in [1.82, 2.24) is 5.32 Å². The van der Waals surface area contributed by atoms with Gasteiger partial charge in [0.15, 0.2) is 0 Å². The van der Waals surface area contributed by atoms with E-state index in [9.17, 15) is 4.39 Å². The molecule has 1 aromatic rings. The molecule has 0 heterocycles. The van der Waals surface area contributed by atoms with E-state index in [0.717, 1.165) is 31.6 Å². The third-order valence-corrected chi connectivity index (χ3v) is 2.93. The molecule has 0 bridgehead atoms. The van der Waals surface area contributed by atoms with Crippen LogP contribution in [0.5, 0.6) is 0 Å². The van der Waals surface area contributed by atoms with Crippen LogP contribution in [-0.2, 0) is 4.74 Å². The maximum atomic E-state index is 13.5. The second-order valence-corrected chi connectivity index (χ2v) is 4.19. The summed E-state index contributed by atoms with van der Waals surface area (Å²) in [6, 6.07) is 5.64. The monoisotopic (exact) mass is 239 g/mol. The van der Waals surface area contributed by atoms with Crippen molar-refractivity contribution in [3.8, 4) is 0 Å². The Bertz CT molecular complexity index is 341. The summed E-state index contributed by atoms with van der Waals surface area (Å²) >= 11 is 0. The van der Waals surface area contributed by atoms with Gasteiger partial charge in [0.1, 0.15) is 5.82 Å². The van der Waals surface area contributed by atoms with Crippen LogP contribution in [0.4, 0.5) is 4.39 Å². The number of hydrogen-bond acceptors (Lipinski definition) is 2. The summed E-state index contributed by atoms with van der Waals surface area (Å²) in [5, 5.41) is 3.22. The van der Waals surface area contributed by atoms with Crippen molar-refractivity contribution in [2.75, 3.05) is 20.3 Å². The van der Waals surface area contributed by atoms with Crippen LogP contribution in [-0.4, -0.2) is 20.3 Å². The van der Waals surface area contributed by atoms with E-state index >= 15 is 0 Å². The average Bonchev–Trinajstić information content (AvgIpc) is 2.33. The summed E-state index contributed by atoms with van der Waals surface area (Å²) in [4.78, 5) is 0.